The van der Waals surface area contributed by atoms with Crippen LogP contribution in [-0.4, -0.2) is 22.5 Å². The Morgan fingerprint density at radius 1 is 1.33 bits per heavy atom. The van der Waals surface area contributed by atoms with E-state index in [-0.39, 0.29) is 17.7 Å². The Balaban J connectivity index is 2.12. The smallest absolute Gasteiger partial charge is 0.224 e. The number of hydrogen-bond acceptors (Lipinski definition) is 3. The van der Waals surface area contributed by atoms with E-state index in [1.165, 1.54) is 11.1 Å². The fraction of sp³-hybridized carbons (Fsp3) is 0.500. The predicted octanol–water partition coefficient (Wildman–Crippen LogP) is 1.82. The molecule has 0 atom stereocenters. The monoisotopic (exact) mass is 289 g/mol. The minimum atomic E-state index is -0.763. The first kappa shape index (κ1) is 15.4. The zero-order valence-electron chi connectivity index (χ0n) is 12.6. The molecule has 4 N–H and O–H groups in total. The molecule has 0 aromatic heterocycles. The van der Waals surface area contributed by atoms with Crippen molar-refractivity contribution in [3.05, 3.63) is 35.4 Å². The van der Waals surface area contributed by atoms with Crippen molar-refractivity contribution in [1.29, 1.82) is 0 Å². The van der Waals surface area contributed by atoms with E-state index in [4.69, 9.17) is 10.9 Å². The molecule has 0 fully saturated rings. The number of nitrogens with one attached hydrogen (secondary N) is 1. The van der Waals surface area contributed by atoms with Gasteiger partial charge in [-0.05, 0) is 36.8 Å². The molecule has 0 aliphatic heterocycles. The lowest BCUT2D eigenvalue weighted by Crippen LogP contribution is -2.58. The number of rotatable bonds is 5. The molecule has 0 bridgehead atoms. The maximum Gasteiger partial charge on any atom is 0.224 e. The molecule has 0 spiro atoms. The Hall–Kier alpha value is -2.04. The lowest BCUT2D eigenvalue weighted by molar-refractivity contribution is -0.126. The number of oxime groups is 1. The van der Waals surface area contributed by atoms with Crippen LogP contribution in [0.1, 0.15) is 37.8 Å². The Morgan fingerprint density at radius 2 is 1.86 bits per heavy atom. The highest BCUT2D eigenvalue weighted by Crippen LogP contribution is 2.27. The van der Waals surface area contributed by atoms with Crippen LogP contribution in [0.2, 0.25) is 0 Å². The fourth-order valence-electron chi connectivity index (χ4n) is 3.03. The fourth-order valence-corrected chi connectivity index (χ4v) is 3.03. The Labute approximate surface area is 125 Å². The number of amidine groups is 1. The van der Waals surface area contributed by atoms with Crippen LogP contribution in [0, 0.1) is 5.92 Å². The van der Waals surface area contributed by atoms with Crippen molar-refractivity contribution in [2.45, 2.75) is 45.1 Å². The number of carbonyl (C=O) groups excluding carboxylic acids is 1. The van der Waals surface area contributed by atoms with Crippen molar-refractivity contribution < 1.29 is 10.0 Å². The molecular weight excluding hydrogens is 266 g/mol. The van der Waals surface area contributed by atoms with Crippen molar-refractivity contribution in [1.82, 2.24) is 5.32 Å². The largest absolute Gasteiger partial charge is 0.409 e. The molecule has 5 heteroatoms. The summed E-state index contributed by atoms with van der Waals surface area (Å²) < 4.78 is 0. The topological polar surface area (TPSA) is 87.7 Å². The van der Waals surface area contributed by atoms with E-state index < -0.39 is 5.54 Å². The molecule has 0 radical (unpaired) electrons. The highest BCUT2D eigenvalue weighted by Gasteiger charge is 2.36. The maximum absolute atomic E-state index is 12.6. The molecule has 21 heavy (non-hydrogen) atoms. The Bertz CT molecular complexity index is 525. The van der Waals surface area contributed by atoms with Crippen LogP contribution >= 0.6 is 0 Å². The summed E-state index contributed by atoms with van der Waals surface area (Å²) in [4.78, 5) is 12.6. The number of hydrogen-bond donors (Lipinski definition) is 3. The minimum Gasteiger partial charge on any atom is -0.409 e. The SMILES string of the molecule is CCC(CC)(NC(=O)C1Cc2ccccc2C1)/C(N)=N/O. The molecule has 1 aliphatic rings. The lowest BCUT2D eigenvalue weighted by atomic mass is 9.90. The van der Waals surface area contributed by atoms with Gasteiger partial charge in [-0.1, -0.05) is 43.3 Å². The van der Waals surface area contributed by atoms with Crippen molar-refractivity contribution in [2.24, 2.45) is 16.8 Å². The average Bonchev–Trinajstić information content (AvgIpc) is 2.96. The number of fused-ring (bicyclic) bond motifs is 1. The van der Waals surface area contributed by atoms with Crippen molar-refractivity contribution in [2.75, 3.05) is 0 Å². The van der Waals surface area contributed by atoms with E-state index in [0.717, 1.165) is 12.8 Å². The quantitative estimate of drug-likeness (QED) is 0.334. The van der Waals surface area contributed by atoms with Gasteiger partial charge in [0.1, 0.15) is 5.54 Å². The zero-order valence-corrected chi connectivity index (χ0v) is 12.6. The van der Waals surface area contributed by atoms with Gasteiger partial charge in [0.25, 0.3) is 0 Å². The van der Waals surface area contributed by atoms with Gasteiger partial charge in [0, 0.05) is 5.92 Å². The molecule has 2 rings (SSSR count). The van der Waals surface area contributed by atoms with E-state index in [0.29, 0.717) is 12.8 Å². The van der Waals surface area contributed by atoms with Gasteiger partial charge in [-0.2, -0.15) is 0 Å². The highest BCUT2D eigenvalue weighted by molar-refractivity contribution is 5.94. The number of benzene rings is 1. The predicted molar refractivity (Wildman–Crippen MR) is 82.2 cm³/mol. The maximum atomic E-state index is 12.6. The first-order valence-electron chi connectivity index (χ1n) is 7.43. The molecular formula is C16H23N3O2. The van der Waals surface area contributed by atoms with Crippen molar-refractivity contribution in [3.8, 4) is 0 Å². The van der Waals surface area contributed by atoms with Gasteiger partial charge in [0.2, 0.25) is 5.91 Å². The van der Waals surface area contributed by atoms with E-state index in [1.54, 1.807) is 0 Å². The third-order valence-electron chi connectivity index (χ3n) is 4.59. The van der Waals surface area contributed by atoms with Gasteiger partial charge >= 0.3 is 0 Å². The molecule has 1 aromatic carbocycles. The number of nitrogens with two attached hydrogens (primary N) is 1. The van der Waals surface area contributed by atoms with Crippen LogP contribution < -0.4 is 11.1 Å². The van der Waals surface area contributed by atoms with Crippen LogP contribution in [0.15, 0.2) is 29.4 Å². The molecule has 114 valence electrons. The second-order valence-electron chi connectivity index (χ2n) is 5.64. The molecule has 0 saturated carbocycles. The third-order valence-corrected chi connectivity index (χ3v) is 4.59. The molecule has 0 heterocycles. The van der Waals surface area contributed by atoms with Crippen LogP contribution in [0.4, 0.5) is 0 Å². The summed E-state index contributed by atoms with van der Waals surface area (Å²) in [5, 5.41) is 15.1. The first-order chi connectivity index (χ1) is 10.1. The van der Waals surface area contributed by atoms with E-state index in [9.17, 15) is 4.79 Å². The van der Waals surface area contributed by atoms with Crippen LogP contribution in [0.25, 0.3) is 0 Å². The van der Waals surface area contributed by atoms with Gasteiger partial charge in [-0.25, -0.2) is 0 Å². The van der Waals surface area contributed by atoms with Crippen molar-refractivity contribution >= 4 is 11.7 Å². The number of nitrogens with zero attached hydrogens (tertiary/aromatic N) is 1. The van der Waals surface area contributed by atoms with E-state index in [1.807, 2.05) is 26.0 Å². The van der Waals surface area contributed by atoms with E-state index >= 15 is 0 Å². The molecule has 1 aliphatic carbocycles. The standard InChI is InChI=1S/C16H23N3O2/c1-3-16(4-2,15(17)19-21)18-14(20)13-9-11-7-5-6-8-12(11)10-13/h5-8,13,21H,3-4,9-10H2,1-2H3,(H2,17,19)(H,18,20). The normalized spacial score (nSPS) is 15.8. The second-order valence-corrected chi connectivity index (χ2v) is 5.64. The van der Waals surface area contributed by atoms with Crippen LogP contribution in [-0.2, 0) is 17.6 Å². The molecule has 5 nitrogen and oxygen atoms in total. The zero-order chi connectivity index (χ0) is 15.5. The summed E-state index contributed by atoms with van der Waals surface area (Å²) in [6.07, 6.45) is 2.68. The summed E-state index contributed by atoms with van der Waals surface area (Å²) in [5.41, 5.74) is 7.50. The summed E-state index contributed by atoms with van der Waals surface area (Å²) in [5.74, 6) is -0.0378. The summed E-state index contributed by atoms with van der Waals surface area (Å²) in [6, 6.07) is 8.13. The van der Waals surface area contributed by atoms with Crippen LogP contribution in [0.3, 0.4) is 0 Å². The summed E-state index contributed by atoms with van der Waals surface area (Å²) in [7, 11) is 0. The highest BCUT2D eigenvalue weighted by atomic mass is 16.4. The lowest BCUT2D eigenvalue weighted by Gasteiger charge is -2.32. The average molecular weight is 289 g/mol. The van der Waals surface area contributed by atoms with Gasteiger partial charge in [-0.3, -0.25) is 4.79 Å². The molecule has 0 saturated heterocycles. The Morgan fingerprint density at radius 3 is 2.29 bits per heavy atom. The van der Waals surface area contributed by atoms with Gasteiger partial charge < -0.3 is 16.3 Å². The number of carbonyl (C=O) groups is 1. The molecule has 0 unspecified atom stereocenters. The van der Waals surface area contributed by atoms with Gasteiger partial charge in [0.05, 0.1) is 0 Å². The molecule has 1 amide bonds. The minimum absolute atomic E-state index is 0.0264. The van der Waals surface area contributed by atoms with Gasteiger partial charge in [0.15, 0.2) is 5.84 Å². The second kappa shape index (κ2) is 6.16. The van der Waals surface area contributed by atoms with Crippen molar-refractivity contribution in [3.63, 3.8) is 0 Å². The number of amides is 1. The summed E-state index contributed by atoms with van der Waals surface area (Å²) in [6.45, 7) is 3.84. The third kappa shape index (κ3) is 2.86. The van der Waals surface area contributed by atoms with E-state index in [2.05, 4.69) is 22.6 Å². The first-order valence-corrected chi connectivity index (χ1v) is 7.43. The van der Waals surface area contributed by atoms with Gasteiger partial charge in [-0.15, -0.1) is 0 Å². The summed E-state index contributed by atoms with van der Waals surface area (Å²) >= 11 is 0. The molecule has 1 aromatic rings. The Kier molecular flexibility index (Phi) is 4.50. The van der Waals surface area contributed by atoms with Crippen LogP contribution in [0.5, 0.6) is 0 Å².